The van der Waals surface area contributed by atoms with E-state index in [1.54, 1.807) is 6.42 Å². The number of ether oxygens (including phenoxy) is 1. The van der Waals surface area contributed by atoms with Crippen LogP contribution in [-0.2, 0) is 0 Å². The third-order valence-corrected chi connectivity index (χ3v) is 0.258. The Kier molecular flexibility index (Phi) is 3.70. The van der Waals surface area contributed by atoms with Crippen LogP contribution < -0.4 is 0 Å². The second-order valence-corrected chi connectivity index (χ2v) is 0.695. The second-order valence-electron chi connectivity index (χ2n) is 0.695. The molecule has 0 spiro atoms. The van der Waals surface area contributed by atoms with Crippen LogP contribution in [0.2, 0.25) is 0 Å². The van der Waals surface area contributed by atoms with Crippen LogP contribution in [0.3, 0.4) is 0 Å². The molecule has 0 fully saturated rings. The summed E-state index contributed by atoms with van der Waals surface area (Å²) >= 11 is 0. The molecule has 0 aliphatic carbocycles. The van der Waals surface area contributed by atoms with E-state index in [1.165, 1.54) is 0 Å². The first-order valence-electron chi connectivity index (χ1n) is 1.45. The number of hydrogen-bond acceptors (Lipinski definition) is 0. The number of aliphatic hydroxyl groups is 2. The fourth-order valence-corrected chi connectivity index (χ4v) is 0.0913. The average Bonchev–Trinajstić information content (AvgIpc) is 1.41. The minimum absolute atomic E-state index is 0.667. The molecule has 1 heteroatoms. The first-order chi connectivity index (χ1) is 2.41. The summed E-state index contributed by atoms with van der Waals surface area (Å²) in [6, 6.07) is 0. The van der Waals surface area contributed by atoms with E-state index in [4.69, 9.17) is 0 Å². The van der Waals surface area contributed by atoms with Crippen LogP contribution in [0.1, 0.15) is 0 Å². The van der Waals surface area contributed by atoms with E-state index >= 15 is 0 Å². The van der Waals surface area contributed by atoms with E-state index in [0.717, 1.165) is 0 Å². The lowest BCUT2D eigenvalue weighted by atomic mass is 10.5. The van der Waals surface area contributed by atoms with Crippen molar-refractivity contribution < 1.29 is 4.74 Å². The molecule has 0 saturated carbocycles. The second kappa shape index (κ2) is 3.83. The highest BCUT2D eigenvalue weighted by molar-refractivity contribution is 4.62. The summed E-state index contributed by atoms with van der Waals surface area (Å²) in [6.07, 6.45) is 1.70. The summed E-state index contributed by atoms with van der Waals surface area (Å²) in [7, 11) is 3.23. The molecular formula is C4H8O. The highest BCUT2D eigenvalue weighted by Gasteiger charge is 1.69. The molecule has 0 aliphatic heterocycles. The van der Waals surface area contributed by atoms with Gasteiger partial charge in [-0.1, -0.05) is 7.11 Å². The van der Waals surface area contributed by atoms with E-state index < -0.39 is 0 Å². The van der Waals surface area contributed by atoms with Gasteiger partial charge in [0, 0.05) is 6.42 Å². The van der Waals surface area contributed by atoms with Gasteiger partial charge >= 0.3 is 0 Å². The number of hydrogen-bond donors (Lipinski definition) is 0. The Balaban J connectivity index is 2.19. The van der Waals surface area contributed by atoms with Gasteiger partial charge in [-0.2, -0.15) is 0 Å². The third-order valence-electron chi connectivity index (χ3n) is 0.258. The highest BCUT2D eigenvalue weighted by Crippen LogP contribution is 1.65. The maximum atomic E-state index is 3.49. The summed E-state index contributed by atoms with van der Waals surface area (Å²) in [4.78, 5) is 0. The summed E-state index contributed by atoms with van der Waals surface area (Å²) in [5, 5.41) is 0. The van der Waals surface area contributed by atoms with Crippen LogP contribution in [0, 0.1) is 20.5 Å². The lowest BCUT2D eigenvalue weighted by Gasteiger charge is -1.87. The van der Waals surface area contributed by atoms with Crippen molar-refractivity contribution in [3.05, 3.63) is 20.5 Å². The molecule has 0 radical (unpaired) electrons. The van der Waals surface area contributed by atoms with Crippen molar-refractivity contribution in [2.24, 2.45) is 0 Å². The quantitative estimate of drug-likeness (QED) is 0.329. The standard InChI is InChI=1S/C4H8O/c1-3-4-5-2/h3,5H,1-2,4H2. The van der Waals surface area contributed by atoms with Crippen LogP contribution in [0.15, 0.2) is 0 Å². The van der Waals surface area contributed by atoms with Gasteiger partial charge in [0.05, 0.1) is 0 Å². The van der Waals surface area contributed by atoms with Gasteiger partial charge in [0.15, 0.2) is 0 Å². The van der Waals surface area contributed by atoms with E-state index in [1.807, 2.05) is 0 Å². The molecule has 0 amide bonds. The molecule has 1 N–H and O–H groups in total. The van der Waals surface area contributed by atoms with Crippen LogP contribution in [-0.4, -0.2) is 11.3 Å². The number of rotatable bonds is 2. The first-order valence-corrected chi connectivity index (χ1v) is 1.45. The van der Waals surface area contributed by atoms with Gasteiger partial charge < -0.3 is 4.74 Å². The fourth-order valence-electron chi connectivity index (χ4n) is 0.0913. The molecule has 30 valence electrons. The molecule has 5 heavy (non-hydrogen) atoms. The van der Waals surface area contributed by atoms with Gasteiger partial charge in [0.1, 0.15) is 0 Å². The maximum Gasteiger partial charge on any atom is 0.222 e. The topological polar surface area (TPSA) is 12.8 Å². The minimum Gasteiger partial charge on any atom is -0.548 e. The third kappa shape index (κ3) is 3.83. The van der Waals surface area contributed by atoms with Gasteiger partial charge in [-0.05, 0) is 0 Å². The van der Waals surface area contributed by atoms with Crippen LogP contribution in [0.5, 0.6) is 0 Å². The Morgan fingerprint density at radius 3 is 2.40 bits per heavy atom. The molecule has 0 atom stereocenters. The Hall–Kier alpha value is -0.170. The van der Waals surface area contributed by atoms with Crippen molar-refractivity contribution in [1.82, 2.24) is 0 Å². The fraction of sp³-hybridized carbons (Fsp3) is 0.250. The first kappa shape index (κ1) is 4.83. The van der Waals surface area contributed by atoms with Crippen LogP contribution in [0.4, 0.5) is 0 Å². The largest absolute Gasteiger partial charge is 0.548 e. The molecule has 0 aromatic rings. The monoisotopic (exact) mass is 72.1 g/mol. The molecule has 0 saturated heterocycles. The normalized spacial score (nSPS) is 7.60. The summed E-state index contributed by atoms with van der Waals surface area (Å²) in [6.45, 7) is 4.08. The molecule has 1 nitrogen and oxygen atoms in total. The van der Waals surface area contributed by atoms with Crippen molar-refractivity contribution in [2.45, 2.75) is 0 Å². The molecule has 0 aromatic carbocycles. The smallest absolute Gasteiger partial charge is 0.222 e. The zero-order chi connectivity index (χ0) is 4.12. The predicted octanol–water partition coefficient (Wildman–Crippen LogP) is 0.344. The SMILES string of the molecule is [CH2-][CH+]C[OH+][CH2-]. The zero-order valence-corrected chi connectivity index (χ0v) is 3.15. The van der Waals surface area contributed by atoms with Crippen molar-refractivity contribution >= 4 is 0 Å². The van der Waals surface area contributed by atoms with E-state index in [2.05, 4.69) is 18.8 Å². The van der Waals surface area contributed by atoms with Crippen molar-refractivity contribution in [2.75, 3.05) is 6.61 Å². The summed E-state index contributed by atoms with van der Waals surface area (Å²) in [5.41, 5.74) is 0. The Bertz CT molecular complexity index is 11.1. The molecule has 0 bridgehead atoms. The molecule has 0 aromatic heterocycles. The molecular weight excluding hydrogens is 64.0 g/mol. The van der Waals surface area contributed by atoms with Crippen molar-refractivity contribution in [1.29, 1.82) is 0 Å². The lowest BCUT2D eigenvalue weighted by Crippen LogP contribution is -1.86. The predicted molar refractivity (Wildman–Crippen MR) is 22.1 cm³/mol. The van der Waals surface area contributed by atoms with Crippen molar-refractivity contribution in [3.63, 3.8) is 0 Å². The zero-order valence-electron chi connectivity index (χ0n) is 3.15. The van der Waals surface area contributed by atoms with Crippen molar-refractivity contribution in [3.8, 4) is 0 Å². The van der Waals surface area contributed by atoms with E-state index in [0.29, 0.717) is 6.61 Å². The van der Waals surface area contributed by atoms with Gasteiger partial charge in [-0.15, -0.1) is 6.92 Å². The Morgan fingerprint density at radius 1 is 1.80 bits per heavy atom. The molecule has 0 aliphatic rings. The Labute approximate surface area is 32.9 Å². The van der Waals surface area contributed by atoms with Gasteiger partial charge in [-0.25, -0.2) is 0 Å². The average molecular weight is 72.1 g/mol. The summed E-state index contributed by atoms with van der Waals surface area (Å²) in [5.74, 6) is 0. The lowest BCUT2D eigenvalue weighted by molar-refractivity contribution is 0.0780. The minimum atomic E-state index is 0.667. The summed E-state index contributed by atoms with van der Waals surface area (Å²) < 4.78 is 3.49. The van der Waals surface area contributed by atoms with Gasteiger partial charge in [0.25, 0.3) is 0 Å². The Morgan fingerprint density at radius 2 is 2.40 bits per heavy atom. The van der Waals surface area contributed by atoms with E-state index in [9.17, 15) is 0 Å². The van der Waals surface area contributed by atoms with Gasteiger partial charge in [-0.3, -0.25) is 0 Å². The maximum absolute atomic E-state index is 3.49. The molecule has 0 unspecified atom stereocenters. The van der Waals surface area contributed by atoms with Gasteiger partial charge in [0.2, 0.25) is 6.61 Å². The van der Waals surface area contributed by atoms with Crippen LogP contribution in [0.25, 0.3) is 0 Å². The van der Waals surface area contributed by atoms with E-state index in [-0.39, 0.29) is 0 Å². The molecule has 0 heterocycles. The molecule has 0 rings (SSSR count). The highest BCUT2D eigenvalue weighted by atomic mass is 16.5. The van der Waals surface area contributed by atoms with Crippen LogP contribution >= 0.6 is 0 Å².